The highest BCUT2D eigenvalue weighted by Crippen LogP contribution is 2.21. The van der Waals surface area contributed by atoms with Crippen LogP contribution in [-0.2, 0) is 9.53 Å². The van der Waals surface area contributed by atoms with Gasteiger partial charge in [-0.1, -0.05) is 11.6 Å². The Balaban J connectivity index is 2.67. The van der Waals surface area contributed by atoms with Crippen molar-refractivity contribution in [3.05, 3.63) is 29.0 Å². The van der Waals surface area contributed by atoms with Crippen LogP contribution in [0.25, 0.3) is 0 Å². The maximum atomic E-state index is 13.2. The van der Waals surface area contributed by atoms with Crippen LogP contribution in [0.4, 0.5) is 10.1 Å². The molecule has 0 spiro atoms. The first-order valence-corrected chi connectivity index (χ1v) is 5.52. The summed E-state index contributed by atoms with van der Waals surface area (Å²) in [5, 5.41) is 3.04. The van der Waals surface area contributed by atoms with E-state index in [1.807, 2.05) is 0 Å². The van der Waals surface area contributed by atoms with Crippen LogP contribution in [0.5, 0.6) is 0 Å². The molecule has 1 N–H and O–H groups in total. The third kappa shape index (κ3) is 3.60. The van der Waals surface area contributed by atoms with Gasteiger partial charge < -0.3 is 10.1 Å². The molecular weight excluding hydrogens is 245 g/mol. The zero-order valence-corrected chi connectivity index (χ0v) is 10.8. The average Bonchev–Trinajstić information content (AvgIpc) is 2.29. The van der Waals surface area contributed by atoms with E-state index >= 15 is 0 Å². The van der Waals surface area contributed by atoms with E-state index in [2.05, 4.69) is 10.1 Å². The second kappa shape index (κ2) is 5.36. The number of carbonyl (C=O) groups excluding carboxylic acids is 1. The number of hydrogen-bond acceptors (Lipinski definition) is 3. The minimum absolute atomic E-state index is 0.0720. The molecule has 0 heterocycles. The van der Waals surface area contributed by atoms with E-state index in [4.69, 9.17) is 11.6 Å². The Morgan fingerprint density at radius 1 is 1.53 bits per heavy atom. The summed E-state index contributed by atoms with van der Waals surface area (Å²) in [5.74, 6) is -0.813. The van der Waals surface area contributed by atoms with Crippen LogP contribution < -0.4 is 5.32 Å². The largest absolute Gasteiger partial charge is 0.469 e. The van der Waals surface area contributed by atoms with Gasteiger partial charge in [0.15, 0.2) is 0 Å². The fourth-order valence-corrected chi connectivity index (χ4v) is 1.40. The van der Waals surface area contributed by atoms with Gasteiger partial charge in [-0.2, -0.15) is 0 Å². The van der Waals surface area contributed by atoms with Gasteiger partial charge >= 0.3 is 5.97 Å². The van der Waals surface area contributed by atoms with Gasteiger partial charge in [-0.25, -0.2) is 4.39 Å². The third-order valence-electron chi connectivity index (χ3n) is 2.39. The molecule has 0 radical (unpaired) electrons. The molecule has 1 aromatic rings. The number of halogens is 2. The summed E-state index contributed by atoms with van der Waals surface area (Å²) in [6.45, 7) is 3.84. The lowest BCUT2D eigenvalue weighted by Crippen LogP contribution is -2.33. The molecule has 17 heavy (non-hydrogen) atoms. The molecule has 5 heteroatoms. The summed E-state index contributed by atoms with van der Waals surface area (Å²) < 4.78 is 17.8. The highest BCUT2D eigenvalue weighted by Gasteiger charge is 2.28. The van der Waals surface area contributed by atoms with Gasteiger partial charge in [0.2, 0.25) is 0 Å². The lowest BCUT2D eigenvalue weighted by atomic mass is 9.93. The van der Waals surface area contributed by atoms with Crippen LogP contribution in [0.15, 0.2) is 18.2 Å². The Hall–Kier alpha value is -1.29. The molecule has 1 rings (SSSR count). The number of esters is 1. The van der Waals surface area contributed by atoms with Crippen LogP contribution in [0, 0.1) is 11.2 Å². The van der Waals surface area contributed by atoms with Gasteiger partial charge in [0.1, 0.15) is 5.82 Å². The number of ether oxygens (including phenoxy) is 1. The van der Waals surface area contributed by atoms with Gasteiger partial charge in [0, 0.05) is 12.2 Å². The molecule has 0 amide bonds. The molecule has 0 aliphatic rings. The van der Waals surface area contributed by atoms with Crippen molar-refractivity contribution in [2.75, 3.05) is 19.0 Å². The minimum Gasteiger partial charge on any atom is -0.469 e. The molecular formula is C12H15ClFNO2. The number of rotatable bonds is 4. The zero-order valence-electron chi connectivity index (χ0n) is 10.0. The van der Waals surface area contributed by atoms with Gasteiger partial charge in [0.25, 0.3) is 0 Å². The molecule has 1 aromatic carbocycles. The van der Waals surface area contributed by atoms with E-state index in [9.17, 15) is 9.18 Å². The van der Waals surface area contributed by atoms with Crippen molar-refractivity contribution in [1.82, 2.24) is 0 Å². The molecule has 0 saturated carbocycles. The van der Waals surface area contributed by atoms with E-state index < -0.39 is 11.2 Å². The van der Waals surface area contributed by atoms with Crippen molar-refractivity contribution in [1.29, 1.82) is 0 Å². The highest BCUT2D eigenvalue weighted by atomic mass is 35.5. The summed E-state index contributed by atoms with van der Waals surface area (Å²) >= 11 is 5.57. The van der Waals surface area contributed by atoms with Gasteiger partial charge in [-0.15, -0.1) is 0 Å². The van der Waals surface area contributed by atoms with Crippen molar-refractivity contribution >= 4 is 23.3 Å². The summed E-state index contributed by atoms with van der Waals surface area (Å²) in [4.78, 5) is 11.4. The van der Waals surface area contributed by atoms with E-state index in [1.165, 1.54) is 19.2 Å². The van der Waals surface area contributed by atoms with Crippen LogP contribution in [0.1, 0.15) is 13.8 Å². The zero-order chi connectivity index (χ0) is 13.1. The summed E-state index contributed by atoms with van der Waals surface area (Å²) in [6, 6.07) is 4.40. The first-order chi connectivity index (χ1) is 7.86. The Kier molecular flexibility index (Phi) is 4.34. The SMILES string of the molecule is COC(=O)C(C)(C)CNc1ccc(Cl)c(F)c1. The first-order valence-electron chi connectivity index (χ1n) is 5.14. The monoisotopic (exact) mass is 259 g/mol. The van der Waals surface area contributed by atoms with E-state index in [0.29, 0.717) is 12.2 Å². The molecule has 0 atom stereocenters. The normalized spacial score (nSPS) is 11.1. The quantitative estimate of drug-likeness (QED) is 0.845. The van der Waals surface area contributed by atoms with Crippen molar-refractivity contribution in [3.63, 3.8) is 0 Å². The van der Waals surface area contributed by atoms with Crippen LogP contribution in [0.3, 0.4) is 0 Å². The van der Waals surface area contributed by atoms with E-state index in [1.54, 1.807) is 19.9 Å². The molecule has 0 aromatic heterocycles. The first kappa shape index (κ1) is 13.8. The fourth-order valence-electron chi connectivity index (χ4n) is 1.28. The summed E-state index contributed by atoms with van der Waals surface area (Å²) in [6.07, 6.45) is 0. The van der Waals surface area contributed by atoms with Crippen LogP contribution in [0.2, 0.25) is 5.02 Å². The predicted octanol–water partition coefficient (Wildman–Crippen LogP) is 3.09. The van der Waals surface area contributed by atoms with Crippen molar-refractivity contribution in [2.24, 2.45) is 5.41 Å². The topological polar surface area (TPSA) is 38.3 Å². The Morgan fingerprint density at radius 2 is 2.18 bits per heavy atom. The summed E-state index contributed by atoms with van der Waals surface area (Å²) in [5.41, 5.74) is -0.103. The summed E-state index contributed by atoms with van der Waals surface area (Å²) in [7, 11) is 1.34. The van der Waals surface area contributed by atoms with Crippen molar-refractivity contribution in [3.8, 4) is 0 Å². The number of anilines is 1. The van der Waals surface area contributed by atoms with Gasteiger partial charge in [-0.3, -0.25) is 4.79 Å². The van der Waals surface area contributed by atoms with Gasteiger partial charge in [-0.05, 0) is 32.0 Å². The maximum Gasteiger partial charge on any atom is 0.313 e. The molecule has 3 nitrogen and oxygen atoms in total. The van der Waals surface area contributed by atoms with Crippen LogP contribution in [-0.4, -0.2) is 19.6 Å². The lowest BCUT2D eigenvalue weighted by molar-refractivity contribution is -0.149. The Morgan fingerprint density at radius 3 is 2.71 bits per heavy atom. The lowest BCUT2D eigenvalue weighted by Gasteiger charge is -2.22. The number of methoxy groups -OCH3 is 1. The smallest absolute Gasteiger partial charge is 0.313 e. The fraction of sp³-hybridized carbons (Fsp3) is 0.417. The average molecular weight is 260 g/mol. The van der Waals surface area contributed by atoms with Gasteiger partial charge in [0.05, 0.1) is 17.5 Å². The second-order valence-corrected chi connectivity index (χ2v) is 4.77. The minimum atomic E-state index is -0.676. The second-order valence-electron chi connectivity index (χ2n) is 4.36. The number of benzene rings is 1. The molecule has 0 aliphatic heterocycles. The predicted molar refractivity (Wildman–Crippen MR) is 65.7 cm³/mol. The third-order valence-corrected chi connectivity index (χ3v) is 2.70. The van der Waals surface area contributed by atoms with E-state index in [-0.39, 0.29) is 11.0 Å². The molecule has 0 bridgehead atoms. The molecule has 0 aliphatic carbocycles. The molecule has 0 fully saturated rings. The Bertz CT molecular complexity index is 421. The standard InChI is InChI=1S/C12H15ClFNO2/c1-12(2,11(16)17-3)7-15-8-4-5-9(13)10(14)6-8/h4-6,15H,7H2,1-3H3. The number of nitrogens with one attached hydrogen (secondary N) is 1. The molecule has 0 saturated heterocycles. The van der Waals surface area contributed by atoms with Crippen molar-refractivity contribution < 1.29 is 13.9 Å². The molecule has 0 unspecified atom stereocenters. The van der Waals surface area contributed by atoms with E-state index in [0.717, 1.165) is 0 Å². The highest BCUT2D eigenvalue weighted by molar-refractivity contribution is 6.30. The number of hydrogen-bond donors (Lipinski definition) is 1. The van der Waals surface area contributed by atoms with Crippen molar-refractivity contribution in [2.45, 2.75) is 13.8 Å². The molecule has 94 valence electrons. The number of carbonyl (C=O) groups is 1. The Labute approximate surface area is 105 Å². The maximum absolute atomic E-state index is 13.2. The van der Waals surface area contributed by atoms with Crippen LogP contribution >= 0.6 is 11.6 Å².